The van der Waals surface area contributed by atoms with Crippen LogP contribution in [-0.4, -0.2) is 18.1 Å². The molecule has 0 aliphatic heterocycles. The number of phenolic OH excluding ortho intramolecular Hbond substituents is 1. The van der Waals surface area contributed by atoms with Crippen molar-refractivity contribution in [2.75, 3.05) is 12.4 Å². The summed E-state index contributed by atoms with van der Waals surface area (Å²) in [5.41, 5.74) is 2.41. The van der Waals surface area contributed by atoms with Crippen molar-refractivity contribution in [1.29, 1.82) is 0 Å². The molecular formula is C17H19NO3. The van der Waals surface area contributed by atoms with Gasteiger partial charge in [-0.2, -0.15) is 0 Å². The van der Waals surface area contributed by atoms with Crippen molar-refractivity contribution in [3.63, 3.8) is 0 Å². The van der Waals surface area contributed by atoms with E-state index in [1.807, 2.05) is 24.3 Å². The number of phenols is 1. The molecule has 0 aliphatic carbocycles. The summed E-state index contributed by atoms with van der Waals surface area (Å²) in [5, 5.41) is 12.4. The van der Waals surface area contributed by atoms with E-state index >= 15 is 0 Å². The molecule has 0 saturated heterocycles. The Labute approximate surface area is 124 Å². The molecule has 2 aromatic carbocycles. The van der Waals surface area contributed by atoms with Crippen LogP contribution in [0, 0.1) is 6.92 Å². The molecule has 0 heterocycles. The highest BCUT2D eigenvalue weighted by atomic mass is 16.5. The lowest BCUT2D eigenvalue weighted by Gasteiger charge is -2.09. The van der Waals surface area contributed by atoms with Gasteiger partial charge in [-0.15, -0.1) is 0 Å². The molecule has 0 aromatic heterocycles. The first-order chi connectivity index (χ1) is 10.1. The van der Waals surface area contributed by atoms with Crippen LogP contribution in [0.2, 0.25) is 0 Å². The maximum atomic E-state index is 12.0. The van der Waals surface area contributed by atoms with Crippen molar-refractivity contribution in [2.45, 2.75) is 19.8 Å². The van der Waals surface area contributed by atoms with Gasteiger partial charge in [-0.05, 0) is 43.2 Å². The third-order valence-electron chi connectivity index (χ3n) is 3.38. The van der Waals surface area contributed by atoms with Crippen LogP contribution < -0.4 is 10.1 Å². The Morgan fingerprint density at radius 1 is 1.19 bits per heavy atom. The van der Waals surface area contributed by atoms with Crippen molar-refractivity contribution in [3.05, 3.63) is 53.6 Å². The first-order valence-corrected chi connectivity index (χ1v) is 6.81. The molecule has 1 amide bonds. The van der Waals surface area contributed by atoms with Crippen LogP contribution in [0.4, 0.5) is 5.69 Å². The molecule has 110 valence electrons. The maximum Gasteiger partial charge on any atom is 0.224 e. The van der Waals surface area contributed by atoms with E-state index in [2.05, 4.69) is 5.32 Å². The number of amides is 1. The first-order valence-electron chi connectivity index (χ1n) is 6.81. The monoisotopic (exact) mass is 285 g/mol. The lowest BCUT2D eigenvalue weighted by Crippen LogP contribution is -2.13. The zero-order valence-electron chi connectivity index (χ0n) is 12.2. The third kappa shape index (κ3) is 3.99. The van der Waals surface area contributed by atoms with E-state index in [4.69, 9.17) is 4.74 Å². The van der Waals surface area contributed by atoms with Gasteiger partial charge in [0.1, 0.15) is 11.5 Å². The van der Waals surface area contributed by atoms with Crippen LogP contribution in [-0.2, 0) is 11.2 Å². The lowest BCUT2D eigenvalue weighted by molar-refractivity contribution is -0.116. The number of anilines is 1. The molecular weight excluding hydrogens is 266 g/mol. The van der Waals surface area contributed by atoms with E-state index < -0.39 is 0 Å². The molecule has 0 spiro atoms. The minimum absolute atomic E-state index is 0.0699. The average molecular weight is 285 g/mol. The van der Waals surface area contributed by atoms with Gasteiger partial charge >= 0.3 is 0 Å². The minimum atomic E-state index is -0.0699. The average Bonchev–Trinajstić information content (AvgIpc) is 2.50. The molecule has 4 heteroatoms. The zero-order valence-corrected chi connectivity index (χ0v) is 12.2. The largest absolute Gasteiger partial charge is 0.508 e. The predicted molar refractivity (Wildman–Crippen MR) is 82.8 cm³/mol. The molecule has 0 unspecified atom stereocenters. The highest BCUT2D eigenvalue weighted by Crippen LogP contribution is 2.24. The fourth-order valence-corrected chi connectivity index (χ4v) is 2.02. The van der Waals surface area contributed by atoms with Crippen molar-refractivity contribution >= 4 is 11.6 Å². The molecule has 0 fully saturated rings. The number of benzene rings is 2. The Hall–Kier alpha value is -2.49. The smallest absolute Gasteiger partial charge is 0.224 e. The second-order valence-electron chi connectivity index (χ2n) is 4.85. The van der Waals surface area contributed by atoms with E-state index in [-0.39, 0.29) is 11.7 Å². The van der Waals surface area contributed by atoms with Gasteiger partial charge in [0.25, 0.3) is 0 Å². The van der Waals surface area contributed by atoms with Crippen LogP contribution in [0.1, 0.15) is 17.5 Å². The number of rotatable bonds is 5. The van der Waals surface area contributed by atoms with Crippen LogP contribution in [0.3, 0.4) is 0 Å². The van der Waals surface area contributed by atoms with Crippen molar-refractivity contribution in [3.8, 4) is 11.5 Å². The minimum Gasteiger partial charge on any atom is -0.508 e. The van der Waals surface area contributed by atoms with Crippen molar-refractivity contribution in [1.82, 2.24) is 0 Å². The number of carbonyl (C=O) groups excluding carboxylic acids is 1. The Morgan fingerprint density at radius 2 is 1.90 bits per heavy atom. The fraction of sp³-hybridized carbons (Fsp3) is 0.235. The highest BCUT2D eigenvalue weighted by molar-refractivity contribution is 5.91. The molecule has 0 bridgehead atoms. The molecule has 0 atom stereocenters. The van der Waals surface area contributed by atoms with E-state index in [9.17, 15) is 9.90 Å². The second-order valence-corrected chi connectivity index (χ2v) is 4.85. The van der Waals surface area contributed by atoms with Crippen molar-refractivity contribution in [2.24, 2.45) is 0 Å². The Balaban J connectivity index is 1.91. The summed E-state index contributed by atoms with van der Waals surface area (Å²) in [4.78, 5) is 12.0. The third-order valence-corrected chi connectivity index (χ3v) is 3.38. The Bertz CT molecular complexity index is 620. The molecule has 4 nitrogen and oxygen atoms in total. The molecule has 2 rings (SSSR count). The number of aryl methyl sites for hydroxylation is 1. The summed E-state index contributed by atoms with van der Waals surface area (Å²) in [6, 6.07) is 12.8. The molecule has 21 heavy (non-hydrogen) atoms. The van der Waals surface area contributed by atoms with Gasteiger partial charge in [-0.1, -0.05) is 18.2 Å². The van der Waals surface area contributed by atoms with Gasteiger partial charge in [0.15, 0.2) is 0 Å². The first kappa shape index (κ1) is 14.9. The normalized spacial score (nSPS) is 10.2. The summed E-state index contributed by atoms with van der Waals surface area (Å²) in [6.45, 7) is 1.77. The summed E-state index contributed by atoms with van der Waals surface area (Å²) in [5.74, 6) is 0.918. The molecule has 0 saturated carbocycles. The number of aromatic hydroxyl groups is 1. The topological polar surface area (TPSA) is 58.6 Å². The van der Waals surface area contributed by atoms with Gasteiger partial charge < -0.3 is 15.2 Å². The summed E-state index contributed by atoms with van der Waals surface area (Å²) in [7, 11) is 1.63. The lowest BCUT2D eigenvalue weighted by atomic mass is 10.1. The fourth-order valence-electron chi connectivity index (χ4n) is 2.02. The van der Waals surface area contributed by atoms with Gasteiger partial charge in [0.05, 0.1) is 7.11 Å². The molecule has 0 radical (unpaired) electrons. The Morgan fingerprint density at radius 3 is 2.57 bits per heavy atom. The van der Waals surface area contributed by atoms with E-state index in [0.29, 0.717) is 24.1 Å². The van der Waals surface area contributed by atoms with Gasteiger partial charge in [0.2, 0.25) is 5.91 Å². The zero-order chi connectivity index (χ0) is 15.2. The summed E-state index contributed by atoms with van der Waals surface area (Å²) < 4.78 is 5.10. The quantitative estimate of drug-likeness (QED) is 0.886. The second kappa shape index (κ2) is 6.79. The van der Waals surface area contributed by atoms with E-state index in [1.54, 1.807) is 32.2 Å². The van der Waals surface area contributed by atoms with Crippen molar-refractivity contribution < 1.29 is 14.6 Å². The predicted octanol–water partition coefficient (Wildman–Crippen LogP) is 3.28. The van der Waals surface area contributed by atoms with Gasteiger partial charge in [0, 0.05) is 17.7 Å². The number of hydrogen-bond acceptors (Lipinski definition) is 3. The molecule has 2 N–H and O–H groups in total. The van der Waals surface area contributed by atoms with Crippen LogP contribution in [0.15, 0.2) is 42.5 Å². The number of carbonyl (C=O) groups is 1. The number of ether oxygens (including phenoxy) is 1. The van der Waals surface area contributed by atoms with Gasteiger partial charge in [-0.25, -0.2) is 0 Å². The standard InChI is InChI=1S/C17H19NO3/c1-12-15(4-3-5-16(12)19)18-17(20)11-8-13-6-9-14(21-2)10-7-13/h3-7,9-10,19H,8,11H2,1-2H3,(H,18,20). The van der Waals surface area contributed by atoms with E-state index in [1.165, 1.54) is 0 Å². The van der Waals surface area contributed by atoms with E-state index in [0.717, 1.165) is 11.3 Å². The maximum absolute atomic E-state index is 12.0. The van der Waals surface area contributed by atoms with Gasteiger partial charge in [-0.3, -0.25) is 4.79 Å². The molecule has 0 aliphatic rings. The Kier molecular flexibility index (Phi) is 4.82. The van der Waals surface area contributed by atoms with Crippen LogP contribution >= 0.6 is 0 Å². The molecule has 2 aromatic rings. The number of methoxy groups -OCH3 is 1. The van der Waals surface area contributed by atoms with Crippen LogP contribution in [0.25, 0.3) is 0 Å². The SMILES string of the molecule is COc1ccc(CCC(=O)Nc2cccc(O)c2C)cc1. The number of hydrogen-bond donors (Lipinski definition) is 2. The summed E-state index contributed by atoms with van der Waals surface area (Å²) in [6.07, 6.45) is 1.05. The number of nitrogens with one attached hydrogen (secondary N) is 1. The highest BCUT2D eigenvalue weighted by Gasteiger charge is 2.07. The summed E-state index contributed by atoms with van der Waals surface area (Å²) >= 11 is 0. The van der Waals surface area contributed by atoms with Crippen LogP contribution in [0.5, 0.6) is 11.5 Å².